The van der Waals surface area contributed by atoms with E-state index in [-0.39, 0.29) is 17.7 Å². The van der Waals surface area contributed by atoms with Crippen LogP contribution in [0.25, 0.3) is 0 Å². The van der Waals surface area contributed by atoms with Crippen LogP contribution in [0.1, 0.15) is 42.3 Å². The summed E-state index contributed by atoms with van der Waals surface area (Å²) in [6.45, 7) is 10.6. The Bertz CT molecular complexity index is 452. The lowest BCUT2D eigenvalue weighted by molar-refractivity contribution is 0.0921. The van der Waals surface area contributed by atoms with Gasteiger partial charge in [-0.15, -0.1) is 0 Å². The summed E-state index contributed by atoms with van der Waals surface area (Å²) in [7, 11) is 1.83. The van der Waals surface area contributed by atoms with Gasteiger partial charge in [-0.25, -0.2) is 0 Å². The van der Waals surface area contributed by atoms with E-state index in [9.17, 15) is 4.79 Å². The summed E-state index contributed by atoms with van der Waals surface area (Å²) in [5.74, 6) is 1.28. The molecule has 19 heavy (non-hydrogen) atoms. The Hall–Kier alpha value is -1.35. The monoisotopic (exact) mass is 263 g/mol. The highest BCUT2D eigenvalue weighted by Gasteiger charge is 2.23. The van der Waals surface area contributed by atoms with Crippen molar-refractivity contribution in [3.63, 3.8) is 0 Å². The van der Waals surface area contributed by atoms with Crippen LogP contribution < -0.4 is 10.1 Å². The summed E-state index contributed by atoms with van der Waals surface area (Å²) < 4.78 is 5.56. The van der Waals surface area contributed by atoms with Crippen LogP contribution in [0, 0.1) is 19.8 Å². The maximum atomic E-state index is 12.6. The van der Waals surface area contributed by atoms with E-state index in [1.54, 1.807) is 0 Å². The minimum absolute atomic E-state index is 0.143. The second kappa shape index (κ2) is 6.71. The largest absolute Gasteiger partial charge is 0.494 e. The van der Waals surface area contributed by atoms with Crippen molar-refractivity contribution >= 4 is 5.78 Å². The van der Waals surface area contributed by atoms with Gasteiger partial charge in [0, 0.05) is 5.56 Å². The second-order valence-electron chi connectivity index (χ2n) is 5.24. The van der Waals surface area contributed by atoms with Gasteiger partial charge >= 0.3 is 0 Å². The molecule has 0 fully saturated rings. The number of benzene rings is 1. The highest BCUT2D eigenvalue weighted by molar-refractivity contribution is 6.01. The summed E-state index contributed by atoms with van der Waals surface area (Å²) in [4.78, 5) is 12.6. The molecule has 1 unspecified atom stereocenters. The summed E-state index contributed by atoms with van der Waals surface area (Å²) in [6.07, 6.45) is 0. The van der Waals surface area contributed by atoms with Crippen molar-refractivity contribution in [2.75, 3.05) is 13.7 Å². The third-order valence-corrected chi connectivity index (χ3v) is 3.35. The smallest absolute Gasteiger partial charge is 0.180 e. The van der Waals surface area contributed by atoms with Crippen LogP contribution in [0.15, 0.2) is 12.1 Å². The molecule has 0 saturated carbocycles. The van der Waals surface area contributed by atoms with Gasteiger partial charge in [0.25, 0.3) is 0 Å². The number of rotatable bonds is 6. The van der Waals surface area contributed by atoms with E-state index in [4.69, 9.17) is 4.74 Å². The SMILES string of the molecule is CCOc1cc(C)c(C(=O)C(NC)C(C)C)cc1C. The van der Waals surface area contributed by atoms with Gasteiger partial charge in [0.1, 0.15) is 5.75 Å². The maximum absolute atomic E-state index is 12.6. The summed E-state index contributed by atoms with van der Waals surface area (Å²) in [5.41, 5.74) is 2.77. The molecule has 0 bridgehead atoms. The zero-order chi connectivity index (χ0) is 14.6. The summed E-state index contributed by atoms with van der Waals surface area (Å²) in [5, 5.41) is 3.11. The number of ketones is 1. The zero-order valence-electron chi connectivity index (χ0n) is 12.8. The normalized spacial score (nSPS) is 12.6. The molecule has 0 heterocycles. The van der Waals surface area contributed by atoms with Crippen LogP contribution in [0.2, 0.25) is 0 Å². The van der Waals surface area contributed by atoms with E-state index < -0.39 is 0 Å². The van der Waals surface area contributed by atoms with Crippen molar-refractivity contribution < 1.29 is 9.53 Å². The van der Waals surface area contributed by atoms with Gasteiger partial charge in [0.15, 0.2) is 5.78 Å². The van der Waals surface area contributed by atoms with Crippen LogP contribution in [0.3, 0.4) is 0 Å². The fourth-order valence-electron chi connectivity index (χ4n) is 2.30. The van der Waals surface area contributed by atoms with Crippen LogP contribution >= 0.6 is 0 Å². The van der Waals surface area contributed by atoms with Crippen molar-refractivity contribution in [1.29, 1.82) is 0 Å². The standard InChI is InChI=1S/C16H25NO2/c1-7-19-14-9-11(4)13(8-12(14)5)16(18)15(17-6)10(2)3/h8-10,15,17H,7H2,1-6H3. The number of likely N-dealkylation sites (N-methyl/N-ethyl adjacent to an activating group) is 1. The van der Waals surface area contributed by atoms with Gasteiger partial charge in [-0.05, 0) is 57.0 Å². The Labute approximate surface area is 116 Å². The molecule has 1 atom stereocenters. The fourth-order valence-corrected chi connectivity index (χ4v) is 2.30. The van der Waals surface area contributed by atoms with Crippen molar-refractivity contribution in [3.8, 4) is 5.75 Å². The van der Waals surface area contributed by atoms with E-state index in [1.165, 1.54) is 0 Å². The minimum atomic E-state index is -0.143. The molecule has 0 aliphatic heterocycles. The molecular weight excluding hydrogens is 238 g/mol. The lowest BCUT2D eigenvalue weighted by Crippen LogP contribution is -2.39. The highest BCUT2D eigenvalue weighted by atomic mass is 16.5. The first-order valence-electron chi connectivity index (χ1n) is 6.87. The molecule has 0 aliphatic rings. The predicted octanol–water partition coefficient (Wildman–Crippen LogP) is 3.13. The molecule has 1 aromatic rings. The third kappa shape index (κ3) is 3.57. The van der Waals surface area contributed by atoms with Crippen LogP contribution in [-0.2, 0) is 0 Å². The molecule has 0 spiro atoms. The van der Waals surface area contributed by atoms with E-state index >= 15 is 0 Å². The minimum Gasteiger partial charge on any atom is -0.494 e. The van der Waals surface area contributed by atoms with Crippen molar-refractivity contribution in [1.82, 2.24) is 5.32 Å². The Morgan fingerprint density at radius 2 is 1.89 bits per heavy atom. The number of hydrogen-bond donors (Lipinski definition) is 1. The molecule has 1 aromatic carbocycles. The molecule has 3 nitrogen and oxygen atoms in total. The topological polar surface area (TPSA) is 38.3 Å². The van der Waals surface area contributed by atoms with Crippen LogP contribution in [0.4, 0.5) is 0 Å². The molecule has 3 heteroatoms. The number of carbonyl (C=O) groups excluding carboxylic acids is 1. The van der Waals surface area contributed by atoms with Gasteiger partial charge in [-0.3, -0.25) is 4.79 Å². The Balaban J connectivity index is 3.14. The molecule has 0 aliphatic carbocycles. The lowest BCUT2D eigenvalue weighted by atomic mass is 9.91. The number of Topliss-reactive ketones (excluding diaryl/α,β-unsaturated/α-hetero) is 1. The molecule has 1 N–H and O–H groups in total. The van der Waals surface area contributed by atoms with E-state index in [1.807, 2.05) is 40.0 Å². The molecule has 0 saturated heterocycles. The van der Waals surface area contributed by atoms with Crippen LogP contribution in [-0.4, -0.2) is 25.5 Å². The molecule has 0 aromatic heterocycles. The Morgan fingerprint density at radius 3 is 2.37 bits per heavy atom. The number of nitrogens with one attached hydrogen (secondary N) is 1. The highest BCUT2D eigenvalue weighted by Crippen LogP contribution is 2.24. The van der Waals surface area contributed by atoms with Crippen molar-refractivity contribution in [3.05, 3.63) is 28.8 Å². The average molecular weight is 263 g/mol. The van der Waals surface area contributed by atoms with Gasteiger partial charge in [0.05, 0.1) is 12.6 Å². The maximum Gasteiger partial charge on any atom is 0.180 e. The Morgan fingerprint density at radius 1 is 1.26 bits per heavy atom. The molecule has 1 rings (SSSR count). The lowest BCUT2D eigenvalue weighted by Gasteiger charge is -2.20. The fraction of sp³-hybridized carbons (Fsp3) is 0.562. The number of ether oxygens (including phenoxy) is 1. The first-order valence-corrected chi connectivity index (χ1v) is 6.87. The van der Waals surface area contributed by atoms with E-state index in [0.29, 0.717) is 6.61 Å². The first-order chi connectivity index (χ1) is 8.92. The number of carbonyl (C=O) groups is 1. The van der Waals surface area contributed by atoms with E-state index in [2.05, 4.69) is 19.2 Å². The number of hydrogen-bond acceptors (Lipinski definition) is 3. The summed E-state index contributed by atoms with van der Waals surface area (Å²) >= 11 is 0. The molecule has 0 amide bonds. The second-order valence-corrected chi connectivity index (χ2v) is 5.24. The predicted molar refractivity (Wildman–Crippen MR) is 79.1 cm³/mol. The quantitative estimate of drug-likeness (QED) is 0.801. The summed E-state index contributed by atoms with van der Waals surface area (Å²) in [6, 6.07) is 3.75. The Kier molecular flexibility index (Phi) is 5.55. The van der Waals surface area contributed by atoms with Crippen molar-refractivity contribution in [2.24, 2.45) is 5.92 Å². The van der Waals surface area contributed by atoms with Crippen molar-refractivity contribution in [2.45, 2.75) is 40.7 Å². The van der Waals surface area contributed by atoms with Gasteiger partial charge in [-0.1, -0.05) is 13.8 Å². The first kappa shape index (κ1) is 15.7. The molecule has 0 radical (unpaired) electrons. The van der Waals surface area contributed by atoms with Gasteiger partial charge < -0.3 is 10.1 Å². The van der Waals surface area contributed by atoms with Gasteiger partial charge in [0.2, 0.25) is 0 Å². The zero-order valence-corrected chi connectivity index (χ0v) is 12.8. The molecule has 106 valence electrons. The van der Waals surface area contributed by atoms with E-state index in [0.717, 1.165) is 22.4 Å². The number of aryl methyl sites for hydroxylation is 2. The average Bonchev–Trinajstić information content (AvgIpc) is 2.33. The molecular formula is C16H25NO2. The van der Waals surface area contributed by atoms with Gasteiger partial charge in [-0.2, -0.15) is 0 Å². The van der Waals surface area contributed by atoms with Crippen LogP contribution in [0.5, 0.6) is 5.75 Å². The third-order valence-electron chi connectivity index (χ3n) is 3.35.